The summed E-state index contributed by atoms with van der Waals surface area (Å²) in [6, 6.07) is 1.60. The third-order valence-corrected chi connectivity index (χ3v) is 2.72. The van der Waals surface area contributed by atoms with Crippen LogP contribution in [0.25, 0.3) is 0 Å². The number of ketones is 1. The lowest BCUT2D eigenvalue weighted by atomic mass is 10.0. The van der Waals surface area contributed by atoms with Crippen LogP contribution in [0.5, 0.6) is 0 Å². The Morgan fingerprint density at radius 1 is 1.67 bits per heavy atom. The van der Waals surface area contributed by atoms with Gasteiger partial charge in [0.1, 0.15) is 0 Å². The maximum atomic E-state index is 11.5. The van der Waals surface area contributed by atoms with E-state index in [2.05, 4.69) is 22.6 Å². The summed E-state index contributed by atoms with van der Waals surface area (Å²) in [6.07, 6.45) is 2.75. The topological polar surface area (TPSA) is 48.0 Å². The molecule has 4 heteroatoms. The zero-order valence-corrected chi connectivity index (χ0v) is 8.61. The molecular formula is C8H9IN2O. The molecule has 0 amide bonds. The number of rotatable bonds is 0. The van der Waals surface area contributed by atoms with Gasteiger partial charge in [0.2, 0.25) is 0 Å². The van der Waals surface area contributed by atoms with Crippen molar-refractivity contribution >= 4 is 28.4 Å². The average molecular weight is 276 g/mol. The van der Waals surface area contributed by atoms with E-state index in [9.17, 15) is 4.79 Å². The first-order valence-electron chi connectivity index (χ1n) is 3.84. The van der Waals surface area contributed by atoms with Crippen molar-refractivity contribution in [3.63, 3.8) is 0 Å². The third kappa shape index (κ3) is 1.19. The van der Waals surface area contributed by atoms with Gasteiger partial charge in [-0.2, -0.15) is 0 Å². The van der Waals surface area contributed by atoms with Gasteiger partial charge in [-0.05, 0) is 35.1 Å². The highest BCUT2D eigenvalue weighted by molar-refractivity contribution is 14.1. The van der Waals surface area contributed by atoms with Crippen molar-refractivity contribution in [2.75, 3.05) is 0 Å². The van der Waals surface area contributed by atoms with Gasteiger partial charge >= 0.3 is 0 Å². The van der Waals surface area contributed by atoms with E-state index >= 15 is 0 Å². The van der Waals surface area contributed by atoms with E-state index in [0.29, 0.717) is 0 Å². The van der Waals surface area contributed by atoms with E-state index in [1.54, 1.807) is 0 Å². The molecule has 0 saturated heterocycles. The molecular weight excluding hydrogens is 267 g/mol. The van der Waals surface area contributed by atoms with E-state index in [4.69, 9.17) is 5.73 Å². The minimum Gasteiger partial charge on any atom is -0.344 e. The molecule has 0 fully saturated rings. The van der Waals surface area contributed by atoms with Crippen molar-refractivity contribution in [3.05, 3.63) is 21.5 Å². The van der Waals surface area contributed by atoms with Gasteiger partial charge < -0.3 is 10.3 Å². The van der Waals surface area contributed by atoms with E-state index in [1.807, 2.05) is 16.8 Å². The van der Waals surface area contributed by atoms with Crippen molar-refractivity contribution in [3.8, 4) is 0 Å². The Balaban J connectivity index is 2.48. The van der Waals surface area contributed by atoms with Crippen LogP contribution in [0.1, 0.15) is 16.9 Å². The molecule has 0 bridgehead atoms. The minimum absolute atomic E-state index is 0.0733. The monoisotopic (exact) mass is 276 g/mol. The molecule has 2 rings (SSSR count). The number of nitrogens with zero attached hydrogens (tertiary/aromatic N) is 1. The predicted molar refractivity (Wildman–Crippen MR) is 54.1 cm³/mol. The van der Waals surface area contributed by atoms with Gasteiger partial charge in [0.15, 0.2) is 5.78 Å². The van der Waals surface area contributed by atoms with Crippen LogP contribution >= 0.6 is 22.6 Å². The maximum Gasteiger partial charge on any atom is 0.195 e. The molecule has 2 heterocycles. The lowest BCUT2D eigenvalue weighted by Crippen LogP contribution is -2.37. The molecule has 1 aliphatic rings. The van der Waals surface area contributed by atoms with Crippen molar-refractivity contribution in [1.82, 2.24) is 4.57 Å². The fourth-order valence-corrected chi connectivity index (χ4v) is 2.10. The fourth-order valence-electron chi connectivity index (χ4n) is 1.47. The van der Waals surface area contributed by atoms with Gasteiger partial charge in [0, 0.05) is 16.3 Å². The van der Waals surface area contributed by atoms with Crippen LogP contribution in [0, 0.1) is 3.57 Å². The van der Waals surface area contributed by atoms with Gasteiger partial charge in [-0.3, -0.25) is 4.79 Å². The van der Waals surface area contributed by atoms with Crippen LogP contribution in [0.3, 0.4) is 0 Å². The molecule has 0 aliphatic carbocycles. The second-order valence-electron chi connectivity index (χ2n) is 3.00. The summed E-state index contributed by atoms with van der Waals surface area (Å²) in [7, 11) is 0. The minimum atomic E-state index is -0.289. The predicted octanol–water partition coefficient (Wildman–Crippen LogP) is 1.01. The summed E-state index contributed by atoms with van der Waals surface area (Å²) in [4.78, 5) is 11.5. The molecule has 2 N–H and O–H groups in total. The van der Waals surface area contributed by atoms with Gasteiger partial charge in [-0.15, -0.1) is 0 Å². The highest BCUT2D eigenvalue weighted by Crippen LogP contribution is 2.18. The Bertz CT molecular complexity index is 332. The van der Waals surface area contributed by atoms with Crippen LogP contribution in [0.15, 0.2) is 12.3 Å². The lowest BCUT2D eigenvalue weighted by molar-refractivity contribution is 0.0929. The molecule has 1 atom stereocenters. The number of hydrogen-bond acceptors (Lipinski definition) is 2. The van der Waals surface area contributed by atoms with Crippen LogP contribution in [0.4, 0.5) is 0 Å². The van der Waals surface area contributed by atoms with Gasteiger partial charge in [0.25, 0.3) is 0 Å². The number of Topliss-reactive ketones (excluding diaryl/α,β-unsaturated/α-hetero) is 1. The van der Waals surface area contributed by atoms with Crippen molar-refractivity contribution in [2.45, 2.75) is 19.0 Å². The Morgan fingerprint density at radius 3 is 3.17 bits per heavy atom. The summed E-state index contributed by atoms with van der Waals surface area (Å²) in [6.45, 7) is 0.866. The molecule has 64 valence electrons. The van der Waals surface area contributed by atoms with Gasteiger partial charge in [-0.1, -0.05) is 0 Å². The first-order valence-corrected chi connectivity index (χ1v) is 4.92. The standard InChI is InChI=1S/C8H9IN2O/c9-5-3-7-8(12)6(10)1-2-11(7)4-5/h3-4,6H,1-2,10H2. The first-order chi connectivity index (χ1) is 5.68. The number of carbonyl (C=O) groups excluding carboxylic acids is 1. The first kappa shape index (κ1) is 8.25. The van der Waals surface area contributed by atoms with E-state index in [-0.39, 0.29) is 11.8 Å². The molecule has 1 unspecified atom stereocenters. The second-order valence-corrected chi connectivity index (χ2v) is 4.24. The van der Waals surface area contributed by atoms with Crippen LogP contribution in [-0.4, -0.2) is 16.4 Å². The Hall–Kier alpha value is -0.360. The molecule has 0 spiro atoms. The Morgan fingerprint density at radius 2 is 2.42 bits per heavy atom. The normalized spacial score (nSPS) is 22.5. The number of aryl methyl sites for hydroxylation is 1. The highest BCUT2D eigenvalue weighted by Gasteiger charge is 2.24. The van der Waals surface area contributed by atoms with E-state index in [1.165, 1.54) is 0 Å². The van der Waals surface area contributed by atoms with Crippen LogP contribution in [0.2, 0.25) is 0 Å². The number of hydrogen-bond donors (Lipinski definition) is 1. The number of aromatic nitrogens is 1. The quantitative estimate of drug-likeness (QED) is 0.719. The van der Waals surface area contributed by atoms with E-state index < -0.39 is 0 Å². The highest BCUT2D eigenvalue weighted by atomic mass is 127. The lowest BCUT2D eigenvalue weighted by Gasteiger charge is -2.19. The van der Waals surface area contributed by atoms with Gasteiger partial charge in [-0.25, -0.2) is 0 Å². The molecule has 0 radical (unpaired) electrons. The summed E-state index contributed by atoms with van der Waals surface area (Å²) in [5, 5.41) is 0. The smallest absolute Gasteiger partial charge is 0.195 e. The van der Waals surface area contributed by atoms with Crippen molar-refractivity contribution in [1.29, 1.82) is 0 Å². The Labute approximate surface area is 84.1 Å². The largest absolute Gasteiger partial charge is 0.344 e. The summed E-state index contributed by atoms with van der Waals surface area (Å²) >= 11 is 2.20. The summed E-state index contributed by atoms with van der Waals surface area (Å²) in [5.74, 6) is 0.0733. The summed E-state index contributed by atoms with van der Waals surface area (Å²) < 4.78 is 3.08. The average Bonchev–Trinajstić information content (AvgIpc) is 2.39. The zero-order valence-electron chi connectivity index (χ0n) is 6.46. The SMILES string of the molecule is NC1CCn2cc(I)cc2C1=O. The number of nitrogens with two attached hydrogens (primary N) is 1. The molecule has 1 aromatic heterocycles. The molecule has 3 nitrogen and oxygen atoms in total. The molecule has 12 heavy (non-hydrogen) atoms. The second kappa shape index (κ2) is 2.85. The number of halogens is 1. The zero-order chi connectivity index (χ0) is 8.72. The van der Waals surface area contributed by atoms with Crippen LogP contribution in [-0.2, 0) is 6.54 Å². The van der Waals surface area contributed by atoms with Crippen molar-refractivity contribution in [2.24, 2.45) is 5.73 Å². The fraction of sp³-hybridized carbons (Fsp3) is 0.375. The molecule has 1 aliphatic heterocycles. The number of carbonyl (C=O) groups is 1. The van der Waals surface area contributed by atoms with Crippen molar-refractivity contribution < 1.29 is 4.79 Å². The molecule has 0 saturated carbocycles. The third-order valence-electron chi connectivity index (χ3n) is 2.13. The maximum absolute atomic E-state index is 11.5. The number of fused-ring (bicyclic) bond motifs is 1. The summed E-state index contributed by atoms with van der Waals surface area (Å²) in [5.41, 5.74) is 6.40. The van der Waals surface area contributed by atoms with E-state index in [0.717, 1.165) is 22.2 Å². The molecule has 1 aromatic rings. The van der Waals surface area contributed by atoms with Gasteiger partial charge in [0.05, 0.1) is 11.7 Å². The van der Waals surface area contributed by atoms with Crippen LogP contribution < -0.4 is 5.73 Å². The molecule has 0 aromatic carbocycles. The Kier molecular flexibility index (Phi) is 1.96.